The van der Waals surface area contributed by atoms with E-state index < -0.39 is 5.97 Å². The van der Waals surface area contributed by atoms with Gasteiger partial charge in [0.1, 0.15) is 11.9 Å². The molecule has 2 fully saturated rings. The first-order valence-electron chi connectivity index (χ1n) is 7.61. The molecule has 3 heterocycles. The zero-order valence-electron chi connectivity index (χ0n) is 12.8. The number of rotatable bonds is 3. The van der Waals surface area contributed by atoms with Crippen molar-refractivity contribution in [3.63, 3.8) is 0 Å². The molecule has 116 valence electrons. The summed E-state index contributed by atoms with van der Waals surface area (Å²) in [6.45, 7) is 3.87. The number of carboxylic acid groups (broad SMARTS) is 1. The van der Waals surface area contributed by atoms with Gasteiger partial charge in [-0.05, 0) is 44.8 Å². The Labute approximate surface area is 125 Å². The molecule has 1 atom stereocenters. The molecule has 0 saturated carbocycles. The number of aliphatic carboxylic acids is 1. The molecule has 0 amide bonds. The van der Waals surface area contributed by atoms with Crippen LogP contribution in [-0.2, 0) is 18.4 Å². The second kappa shape index (κ2) is 5.42. The molecule has 3 rings (SSSR count). The second-order valence-corrected chi connectivity index (χ2v) is 6.70. The maximum absolute atomic E-state index is 11.3. The minimum atomic E-state index is -0.676. The first-order chi connectivity index (χ1) is 9.99. The molecule has 2 saturated heterocycles. The molecule has 6 nitrogen and oxygen atoms in total. The fourth-order valence-corrected chi connectivity index (χ4v) is 3.84. The number of nitrogens with zero attached hydrogens (tertiary/aromatic N) is 4. The van der Waals surface area contributed by atoms with E-state index in [4.69, 9.17) is 0 Å². The number of likely N-dealkylation sites (tertiary alicyclic amines) is 2. The summed E-state index contributed by atoms with van der Waals surface area (Å²) >= 11 is 0. The summed E-state index contributed by atoms with van der Waals surface area (Å²) in [6, 6.07) is -0.300. The highest BCUT2D eigenvalue weighted by atomic mass is 16.4. The average molecular weight is 292 g/mol. The van der Waals surface area contributed by atoms with Crippen LogP contribution in [0.25, 0.3) is 0 Å². The molecular weight excluding hydrogens is 268 g/mol. The Morgan fingerprint density at radius 3 is 2.67 bits per heavy atom. The number of piperidine rings is 1. The number of likely N-dealkylation sites (N-methyl/N-ethyl adjacent to an activating group) is 1. The van der Waals surface area contributed by atoms with Crippen molar-refractivity contribution in [2.24, 2.45) is 12.5 Å². The van der Waals surface area contributed by atoms with Gasteiger partial charge < -0.3 is 9.67 Å². The van der Waals surface area contributed by atoms with Gasteiger partial charge >= 0.3 is 5.97 Å². The van der Waals surface area contributed by atoms with Crippen molar-refractivity contribution in [2.75, 3.05) is 26.7 Å². The largest absolute Gasteiger partial charge is 0.480 e. The maximum Gasteiger partial charge on any atom is 0.320 e. The van der Waals surface area contributed by atoms with Gasteiger partial charge in [-0.2, -0.15) is 0 Å². The van der Waals surface area contributed by atoms with Gasteiger partial charge in [-0.1, -0.05) is 0 Å². The SMILES string of the molecule is CN1CC2(CCN(Cc3nccn3C)CC2)C[C@@H]1C(=O)O. The van der Waals surface area contributed by atoms with Crippen LogP contribution in [0.1, 0.15) is 25.1 Å². The molecule has 1 aromatic heterocycles. The molecule has 0 bridgehead atoms. The van der Waals surface area contributed by atoms with E-state index in [0.29, 0.717) is 0 Å². The van der Waals surface area contributed by atoms with Gasteiger partial charge in [-0.25, -0.2) is 4.98 Å². The standard InChI is InChI=1S/C15H24N4O2/c1-17-8-5-16-13(17)10-19-6-3-15(4-7-19)9-12(14(20)21)18(2)11-15/h5,8,12H,3-4,6-7,9-11H2,1-2H3,(H,20,21)/t12-/m1/s1. The van der Waals surface area contributed by atoms with E-state index in [1.165, 1.54) is 0 Å². The summed E-state index contributed by atoms with van der Waals surface area (Å²) < 4.78 is 2.06. The Kier molecular flexibility index (Phi) is 3.75. The number of imidazole rings is 1. The Morgan fingerprint density at radius 2 is 2.14 bits per heavy atom. The third-order valence-electron chi connectivity index (χ3n) is 5.23. The van der Waals surface area contributed by atoms with Gasteiger partial charge in [0.05, 0.1) is 6.54 Å². The lowest BCUT2D eigenvalue weighted by Crippen LogP contribution is -2.41. The van der Waals surface area contributed by atoms with Gasteiger partial charge in [0.15, 0.2) is 0 Å². The summed E-state index contributed by atoms with van der Waals surface area (Å²) in [6.07, 6.45) is 6.79. The molecule has 0 aliphatic carbocycles. The minimum Gasteiger partial charge on any atom is -0.480 e. The Bertz CT molecular complexity index is 519. The summed E-state index contributed by atoms with van der Waals surface area (Å²) in [5.74, 6) is 0.419. The average Bonchev–Trinajstić information content (AvgIpc) is 2.98. The minimum absolute atomic E-state index is 0.204. The fraction of sp³-hybridized carbons (Fsp3) is 0.733. The third-order valence-corrected chi connectivity index (χ3v) is 5.23. The lowest BCUT2D eigenvalue weighted by Gasteiger charge is -2.39. The van der Waals surface area contributed by atoms with Crippen molar-refractivity contribution >= 4 is 5.97 Å². The molecule has 1 spiro atoms. The Morgan fingerprint density at radius 1 is 1.43 bits per heavy atom. The number of aromatic nitrogens is 2. The van der Waals surface area contributed by atoms with E-state index in [1.54, 1.807) is 0 Å². The summed E-state index contributed by atoms with van der Waals surface area (Å²) in [5, 5.41) is 9.29. The van der Waals surface area contributed by atoms with Crippen LogP contribution in [0.15, 0.2) is 12.4 Å². The van der Waals surface area contributed by atoms with Gasteiger partial charge in [0.25, 0.3) is 0 Å². The highest BCUT2D eigenvalue weighted by Crippen LogP contribution is 2.42. The first-order valence-corrected chi connectivity index (χ1v) is 7.61. The molecule has 6 heteroatoms. The normalized spacial score (nSPS) is 26.5. The molecule has 2 aliphatic heterocycles. The van der Waals surface area contributed by atoms with E-state index in [2.05, 4.69) is 14.5 Å². The van der Waals surface area contributed by atoms with Crippen LogP contribution in [0, 0.1) is 5.41 Å². The van der Waals surface area contributed by atoms with Crippen LogP contribution < -0.4 is 0 Å². The molecule has 0 aromatic carbocycles. The summed E-state index contributed by atoms with van der Waals surface area (Å²) in [7, 11) is 3.96. The van der Waals surface area contributed by atoms with Crippen molar-refractivity contribution in [3.05, 3.63) is 18.2 Å². The van der Waals surface area contributed by atoms with Gasteiger partial charge in [-0.15, -0.1) is 0 Å². The van der Waals surface area contributed by atoms with Crippen LogP contribution in [-0.4, -0.2) is 63.2 Å². The lowest BCUT2D eigenvalue weighted by atomic mass is 9.76. The second-order valence-electron chi connectivity index (χ2n) is 6.70. The smallest absolute Gasteiger partial charge is 0.320 e. The molecule has 0 unspecified atom stereocenters. The molecule has 2 aliphatic rings. The van der Waals surface area contributed by atoms with Crippen LogP contribution in [0.5, 0.6) is 0 Å². The number of carboxylic acids is 1. The van der Waals surface area contributed by atoms with Crippen molar-refractivity contribution in [1.82, 2.24) is 19.4 Å². The summed E-state index contributed by atoms with van der Waals surface area (Å²) in [5.41, 5.74) is 0.204. The molecular formula is C15H24N4O2. The third kappa shape index (κ3) is 2.82. The van der Waals surface area contributed by atoms with Crippen molar-refractivity contribution in [1.29, 1.82) is 0 Å². The number of hydrogen-bond acceptors (Lipinski definition) is 4. The molecule has 0 radical (unpaired) electrons. The van der Waals surface area contributed by atoms with E-state index in [0.717, 1.165) is 51.3 Å². The topological polar surface area (TPSA) is 61.6 Å². The fourth-order valence-electron chi connectivity index (χ4n) is 3.84. The van der Waals surface area contributed by atoms with Crippen molar-refractivity contribution < 1.29 is 9.90 Å². The van der Waals surface area contributed by atoms with E-state index in [-0.39, 0.29) is 11.5 Å². The predicted molar refractivity (Wildman–Crippen MR) is 78.8 cm³/mol. The van der Waals surface area contributed by atoms with Crippen LogP contribution in [0.4, 0.5) is 0 Å². The Hall–Kier alpha value is -1.40. The predicted octanol–water partition coefficient (Wildman–Crippen LogP) is 0.791. The molecule has 1 N–H and O–H groups in total. The van der Waals surface area contributed by atoms with E-state index in [1.807, 2.05) is 31.4 Å². The van der Waals surface area contributed by atoms with Gasteiger partial charge in [0.2, 0.25) is 0 Å². The quantitative estimate of drug-likeness (QED) is 0.892. The number of carbonyl (C=O) groups is 1. The highest BCUT2D eigenvalue weighted by Gasteiger charge is 2.46. The van der Waals surface area contributed by atoms with E-state index >= 15 is 0 Å². The van der Waals surface area contributed by atoms with Crippen LogP contribution >= 0.6 is 0 Å². The Balaban J connectivity index is 1.58. The first kappa shape index (κ1) is 14.5. The zero-order valence-corrected chi connectivity index (χ0v) is 12.8. The van der Waals surface area contributed by atoms with E-state index in [9.17, 15) is 9.90 Å². The number of hydrogen-bond donors (Lipinski definition) is 1. The maximum atomic E-state index is 11.3. The number of aryl methyl sites for hydroxylation is 1. The van der Waals surface area contributed by atoms with Crippen molar-refractivity contribution in [3.8, 4) is 0 Å². The van der Waals surface area contributed by atoms with Crippen molar-refractivity contribution in [2.45, 2.75) is 31.8 Å². The zero-order chi connectivity index (χ0) is 15.0. The molecule has 21 heavy (non-hydrogen) atoms. The van der Waals surface area contributed by atoms with Gasteiger partial charge in [0, 0.05) is 26.0 Å². The lowest BCUT2D eigenvalue weighted by molar-refractivity contribution is -0.141. The summed E-state index contributed by atoms with van der Waals surface area (Å²) in [4.78, 5) is 20.1. The monoisotopic (exact) mass is 292 g/mol. The van der Waals surface area contributed by atoms with Crippen LogP contribution in [0.2, 0.25) is 0 Å². The molecule has 1 aromatic rings. The van der Waals surface area contributed by atoms with Crippen LogP contribution in [0.3, 0.4) is 0 Å². The van der Waals surface area contributed by atoms with Gasteiger partial charge in [-0.3, -0.25) is 14.6 Å². The highest BCUT2D eigenvalue weighted by molar-refractivity contribution is 5.74.